The fourth-order valence-corrected chi connectivity index (χ4v) is 5.20. The van der Waals surface area contributed by atoms with Crippen LogP contribution in [0.1, 0.15) is 42.3 Å². The Bertz CT molecular complexity index is 1940. The van der Waals surface area contributed by atoms with Gasteiger partial charge in [0.05, 0.1) is 5.56 Å². The topological polar surface area (TPSA) is 77.3 Å². The lowest BCUT2D eigenvalue weighted by Gasteiger charge is -2.15. The van der Waals surface area contributed by atoms with E-state index in [1.807, 2.05) is 45.2 Å². The van der Waals surface area contributed by atoms with Crippen molar-refractivity contribution >= 4 is 33.9 Å². The van der Waals surface area contributed by atoms with Gasteiger partial charge in [0.2, 0.25) is 0 Å². The van der Waals surface area contributed by atoms with Crippen LogP contribution in [0.5, 0.6) is 0 Å². The number of carboxylic acid groups (broad SMARTS) is 1. The third-order valence-corrected chi connectivity index (χ3v) is 7.26. The van der Waals surface area contributed by atoms with Crippen LogP contribution in [0.25, 0.3) is 32.9 Å². The molecule has 7 nitrogen and oxygen atoms in total. The fourth-order valence-electron chi connectivity index (χ4n) is 5.20. The Morgan fingerprint density at radius 1 is 0.738 bits per heavy atom. The molecule has 0 radical (unpaired) electrons. The molecule has 0 saturated carbocycles. The van der Waals surface area contributed by atoms with E-state index in [-0.39, 0.29) is 0 Å². The van der Waals surface area contributed by atoms with Gasteiger partial charge in [-0.15, -0.1) is 0 Å². The first-order valence-electron chi connectivity index (χ1n) is 13.9. The lowest BCUT2D eigenvalue weighted by Crippen LogP contribution is -2.46. The van der Waals surface area contributed by atoms with Crippen molar-refractivity contribution in [1.29, 1.82) is 0 Å². The number of ether oxygens (including phenoxy) is 1. The lowest BCUT2D eigenvalue weighted by molar-refractivity contribution is -0.588. The minimum Gasteiger partial charge on any atom is -0.478 e. The average Bonchev–Trinajstić information content (AvgIpc) is 3.55. The normalized spacial score (nSPS) is 11.7. The van der Waals surface area contributed by atoms with Gasteiger partial charge in [0.15, 0.2) is 12.4 Å². The van der Waals surface area contributed by atoms with Crippen molar-refractivity contribution in [3.63, 3.8) is 0 Å². The van der Waals surface area contributed by atoms with Gasteiger partial charge >= 0.3 is 12.1 Å². The average molecular weight is 559 g/mol. The summed E-state index contributed by atoms with van der Waals surface area (Å²) >= 11 is 0. The van der Waals surface area contributed by atoms with Crippen molar-refractivity contribution in [3.8, 4) is 11.1 Å². The summed E-state index contributed by atoms with van der Waals surface area (Å²) in [4.78, 5) is 23.8. The van der Waals surface area contributed by atoms with Crippen LogP contribution in [-0.2, 0) is 17.8 Å². The van der Waals surface area contributed by atoms with E-state index in [1.54, 1.807) is 30.6 Å². The quantitative estimate of drug-likeness (QED) is 0.221. The number of pyridine rings is 1. The zero-order chi connectivity index (χ0) is 29.4. The monoisotopic (exact) mass is 558 g/mol. The van der Waals surface area contributed by atoms with Gasteiger partial charge in [-0.1, -0.05) is 41.0 Å². The van der Waals surface area contributed by atoms with Gasteiger partial charge < -0.3 is 19.0 Å². The largest absolute Gasteiger partial charge is 0.602 e. The summed E-state index contributed by atoms with van der Waals surface area (Å²) in [6.07, 6.45) is 7.21. The summed E-state index contributed by atoms with van der Waals surface area (Å²) in [6, 6.07) is 28.1. The summed E-state index contributed by atoms with van der Waals surface area (Å²) in [7, 11) is 0. The Kier molecular flexibility index (Phi) is 6.86. The highest BCUT2D eigenvalue weighted by Crippen LogP contribution is 2.29. The van der Waals surface area contributed by atoms with Crippen LogP contribution in [0.15, 0.2) is 110 Å². The van der Waals surface area contributed by atoms with E-state index < -0.39 is 17.7 Å². The molecule has 0 unspecified atom stereocenters. The van der Waals surface area contributed by atoms with Crippen molar-refractivity contribution in [2.75, 3.05) is 0 Å². The Balaban J connectivity index is 1.26. The van der Waals surface area contributed by atoms with Gasteiger partial charge in [-0.2, -0.15) is 4.79 Å². The third kappa shape index (κ3) is 5.67. The molecule has 42 heavy (non-hydrogen) atoms. The number of aromatic nitrogens is 3. The van der Waals surface area contributed by atoms with E-state index >= 15 is 0 Å². The maximum atomic E-state index is 12.4. The molecule has 7 heteroatoms. The minimum absolute atomic E-state index is 0.290. The fraction of sp³-hybridized carbons (Fsp3) is 0.171. The lowest BCUT2D eigenvalue weighted by atomic mass is 10.0. The van der Waals surface area contributed by atoms with Gasteiger partial charge in [0.1, 0.15) is 5.60 Å². The molecule has 0 aliphatic heterocycles. The van der Waals surface area contributed by atoms with Crippen molar-refractivity contribution in [3.05, 3.63) is 126 Å². The number of aromatic carboxylic acids is 1. The maximum absolute atomic E-state index is 12.4. The second kappa shape index (κ2) is 10.7. The minimum atomic E-state index is -0.923. The number of benzene rings is 3. The van der Waals surface area contributed by atoms with Crippen LogP contribution in [0.2, 0.25) is 0 Å². The Morgan fingerprint density at radius 2 is 1.31 bits per heavy atom. The number of carbonyl (C=O) groups is 2. The molecule has 0 bridgehead atoms. The first kappa shape index (κ1) is 27.0. The van der Waals surface area contributed by atoms with Gasteiger partial charge in [-0.3, -0.25) is 0 Å². The van der Waals surface area contributed by atoms with Crippen molar-refractivity contribution in [2.45, 2.75) is 39.5 Å². The molecule has 0 aliphatic carbocycles. The summed E-state index contributed by atoms with van der Waals surface area (Å²) in [5, 5.41) is 11.7. The SMILES string of the molecule is CC(C)(C)OC(=O)[n+]1ccc(Cn2ccc3ccc(-c4ccc5ccn(Cc6cccc(C(=O)O)c6)c5c4)cc32)cc1. The van der Waals surface area contributed by atoms with Crippen LogP contribution >= 0.6 is 0 Å². The van der Waals surface area contributed by atoms with Gasteiger partial charge in [-0.05, 0) is 90.2 Å². The van der Waals surface area contributed by atoms with Crippen molar-refractivity contribution in [1.82, 2.24) is 9.13 Å². The second-order valence-electron chi connectivity index (χ2n) is 11.5. The summed E-state index contributed by atoms with van der Waals surface area (Å²) in [5.74, 6) is -0.923. The number of fused-ring (bicyclic) bond motifs is 2. The number of carboxylic acids is 1. The molecule has 210 valence electrons. The highest BCUT2D eigenvalue weighted by Gasteiger charge is 2.24. The Labute approximate surface area is 243 Å². The molecule has 6 rings (SSSR count). The van der Waals surface area contributed by atoms with E-state index in [4.69, 9.17) is 4.74 Å². The Hall–Kier alpha value is -5.17. The molecule has 0 fully saturated rings. The molecule has 0 spiro atoms. The van der Waals surface area contributed by atoms with E-state index in [0.29, 0.717) is 18.7 Å². The zero-order valence-corrected chi connectivity index (χ0v) is 23.8. The molecule has 1 N–H and O–H groups in total. The van der Waals surface area contributed by atoms with Crippen LogP contribution in [0.3, 0.4) is 0 Å². The number of carbonyl (C=O) groups excluding carboxylic acids is 1. The summed E-state index contributed by atoms with van der Waals surface area (Å²) in [5.41, 5.74) is 6.18. The van der Waals surface area contributed by atoms with E-state index in [0.717, 1.165) is 44.1 Å². The molecule has 0 amide bonds. The summed E-state index contributed by atoms with van der Waals surface area (Å²) in [6.45, 7) is 6.80. The molecule has 3 heterocycles. The molecule has 0 atom stereocenters. The number of hydrogen-bond acceptors (Lipinski definition) is 3. The highest BCUT2D eigenvalue weighted by molar-refractivity contribution is 5.90. The third-order valence-electron chi connectivity index (χ3n) is 7.26. The first-order valence-corrected chi connectivity index (χ1v) is 13.9. The van der Waals surface area contributed by atoms with Crippen LogP contribution in [0.4, 0.5) is 4.79 Å². The summed E-state index contributed by atoms with van der Waals surface area (Å²) < 4.78 is 11.3. The van der Waals surface area contributed by atoms with Crippen LogP contribution < -0.4 is 4.57 Å². The molecular formula is C35H32N3O4+. The van der Waals surface area contributed by atoms with E-state index in [1.165, 1.54) is 4.57 Å². The molecule has 6 aromatic rings. The van der Waals surface area contributed by atoms with Crippen LogP contribution in [0, 0.1) is 0 Å². The number of hydrogen-bond donors (Lipinski definition) is 1. The predicted octanol–water partition coefficient (Wildman–Crippen LogP) is 7.13. The predicted molar refractivity (Wildman–Crippen MR) is 163 cm³/mol. The van der Waals surface area contributed by atoms with Gasteiger partial charge in [0, 0.05) is 48.6 Å². The van der Waals surface area contributed by atoms with Crippen LogP contribution in [-0.4, -0.2) is 31.9 Å². The zero-order valence-electron chi connectivity index (χ0n) is 23.8. The maximum Gasteiger partial charge on any atom is 0.602 e. The molecule has 3 aromatic carbocycles. The van der Waals surface area contributed by atoms with E-state index in [9.17, 15) is 14.7 Å². The molecule has 0 aliphatic rings. The van der Waals surface area contributed by atoms with Crippen molar-refractivity contribution in [2.24, 2.45) is 0 Å². The first-order chi connectivity index (χ1) is 20.1. The van der Waals surface area contributed by atoms with Crippen molar-refractivity contribution < 1.29 is 24.0 Å². The van der Waals surface area contributed by atoms with E-state index in [2.05, 4.69) is 63.9 Å². The second-order valence-corrected chi connectivity index (χ2v) is 11.5. The molecule has 0 saturated heterocycles. The number of nitrogens with zero attached hydrogens (tertiary/aromatic N) is 3. The Morgan fingerprint density at radius 3 is 1.86 bits per heavy atom. The molecular weight excluding hydrogens is 526 g/mol. The smallest absolute Gasteiger partial charge is 0.478 e. The molecule has 3 aromatic heterocycles. The van der Waals surface area contributed by atoms with Gasteiger partial charge in [-0.25, -0.2) is 4.79 Å². The van der Waals surface area contributed by atoms with Gasteiger partial charge in [0.25, 0.3) is 0 Å². The highest BCUT2D eigenvalue weighted by atomic mass is 16.6. The standard InChI is InChI=1S/C35H31N3O4/c1-35(2,3)42-34(41)36-15-11-24(12-16-36)22-37-17-13-26-7-9-28(20-31(26)37)29-10-8-27-14-18-38(32(27)21-29)23-25-5-4-6-30(19-25)33(39)40/h4-21H,22-23H2,1-3H3/p+1. The number of rotatable bonds is 6.